The molecule has 1 aliphatic heterocycles. The van der Waals surface area contributed by atoms with Crippen molar-refractivity contribution in [3.63, 3.8) is 0 Å². The third kappa shape index (κ3) is 6.16. The van der Waals surface area contributed by atoms with Crippen molar-refractivity contribution in [1.82, 2.24) is 15.5 Å². The molecule has 1 fully saturated rings. The average Bonchev–Trinajstić information content (AvgIpc) is 2.58. The zero-order chi connectivity index (χ0) is 17.4. The number of benzene rings is 1. The number of nitrogens with zero attached hydrogens (tertiary/aromatic N) is 1. The van der Waals surface area contributed by atoms with E-state index in [2.05, 4.69) is 15.5 Å². The van der Waals surface area contributed by atoms with Crippen molar-refractivity contribution in [1.29, 1.82) is 0 Å². The molecule has 0 spiro atoms. The van der Waals surface area contributed by atoms with Crippen molar-refractivity contribution in [2.75, 3.05) is 33.3 Å². The van der Waals surface area contributed by atoms with Crippen LogP contribution in [0.2, 0.25) is 0 Å². The van der Waals surface area contributed by atoms with Crippen LogP contribution in [0, 0.1) is 5.82 Å². The fourth-order valence-corrected chi connectivity index (χ4v) is 2.61. The second-order valence-corrected chi connectivity index (χ2v) is 5.84. The second-order valence-electron chi connectivity index (χ2n) is 5.84. The molecule has 1 saturated heterocycles. The van der Waals surface area contributed by atoms with E-state index in [4.69, 9.17) is 4.74 Å². The predicted octanol–water partition coefficient (Wildman–Crippen LogP) is 0.921. The quantitative estimate of drug-likeness (QED) is 0.776. The Hall–Kier alpha value is -2.15. The van der Waals surface area contributed by atoms with E-state index in [-0.39, 0.29) is 36.7 Å². The molecule has 24 heavy (non-hydrogen) atoms. The standard InChI is InChI=1S/C17H24FN3O3/c1-19-17(23)12-21-9-6-14(7-10-21)20-16(22)8-11-24-15-4-2-13(18)3-5-15/h2-5,14H,6-12H2,1H3,(H,19,23)(H,20,22). The van der Waals surface area contributed by atoms with E-state index in [9.17, 15) is 14.0 Å². The lowest BCUT2D eigenvalue weighted by Gasteiger charge is -2.31. The molecule has 0 atom stereocenters. The summed E-state index contributed by atoms with van der Waals surface area (Å²) in [4.78, 5) is 25.4. The first kappa shape index (κ1) is 18.2. The molecule has 2 N–H and O–H groups in total. The van der Waals surface area contributed by atoms with Gasteiger partial charge in [0.05, 0.1) is 19.6 Å². The molecule has 1 aliphatic rings. The van der Waals surface area contributed by atoms with Crippen LogP contribution in [0.25, 0.3) is 0 Å². The first-order valence-electron chi connectivity index (χ1n) is 8.17. The molecular weight excluding hydrogens is 313 g/mol. The third-order valence-electron chi connectivity index (χ3n) is 4.01. The number of carbonyl (C=O) groups excluding carboxylic acids is 2. The van der Waals surface area contributed by atoms with Crippen molar-refractivity contribution < 1.29 is 18.7 Å². The number of hydrogen-bond donors (Lipinski definition) is 2. The van der Waals surface area contributed by atoms with Crippen LogP contribution in [0.1, 0.15) is 19.3 Å². The number of piperidine rings is 1. The van der Waals surface area contributed by atoms with Gasteiger partial charge in [-0.25, -0.2) is 4.39 Å². The Balaban J connectivity index is 1.61. The summed E-state index contributed by atoms with van der Waals surface area (Å²) < 4.78 is 18.2. The molecule has 7 heteroatoms. The fraction of sp³-hybridized carbons (Fsp3) is 0.529. The Kier molecular flexibility index (Phi) is 6.99. The van der Waals surface area contributed by atoms with Crippen LogP contribution < -0.4 is 15.4 Å². The van der Waals surface area contributed by atoms with Crippen LogP contribution >= 0.6 is 0 Å². The minimum Gasteiger partial charge on any atom is -0.493 e. The van der Waals surface area contributed by atoms with Crippen LogP contribution in [0.4, 0.5) is 4.39 Å². The zero-order valence-corrected chi connectivity index (χ0v) is 13.9. The number of halogens is 1. The van der Waals surface area contributed by atoms with Gasteiger partial charge in [0, 0.05) is 26.2 Å². The monoisotopic (exact) mass is 337 g/mol. The molecule has 132 valence electrons. The second kappa shape index (κ2) is 9.22. The lowest BCUT2D eigenvalue weighted by atomic mass is 10.0. The molecule has 0 aliphatic carbocycles. The summed E-state index contributed by atoms with van der Waals surface area (Å²) >= 11 is 0. The SMILES string of the molecule is CNC(=O)CN1CCC(NC(=O)CCOc2ccc(F)cc2)CC1. The molecule has 6 nitrogen and oxygen atoms in total. The number of ether oxygens (including phenoxy) is 1. The Bertz CT molecular complexity index is 543. The number of likely N-dealkylation sites (N-methyl/N-ethyl adjacent to an activating group) is 1. The Morgan fingerprint density at radius 2 is 1.88 bits per heavy atom. The normalized spacial score (nSPS) is 15.8. The maximum absolute atomic E-state index is 12.8. The molecule has 1 aromatic rings. The predicted molar refractivity (Wildman–Crippen MR) is 88.2 cm³/mol. The Morgan fingerprint density at radius 3 is 2.50 bits per heavy atom. The highest BCUT2D eigenvalue weighted by molar-refractivity contribution is 5.77. The van der Waals surface area contributed by atoms with Crippen LogP contribution in [0.15, 0.2) is 24.3 Å². The number of amides is 2. The van der Waals surface area contributed by atoms with Crippen molar-refractivity contribution in [2.45, 2.75) is 25.3 Å². The first-order chi connectivity index (χ1) is 11.6. The maximum atomic E-state index is 12.8. The largest absolute Gasteiger partial charge is 0.493 e. The smallest absolute Gasteiger partial charge is 0.233 e. The van der Waals surface area contributed by atoms with Crippen molar-refractivity contribution in [2.24, 2.45) is 0 Å². The minimum atomic E-state index is -0.317. The van der Waals surface area contributed by atoms with Gasteiger partial charge in [-0.15, -0.1) is 0 Å². The first-order valence-corrected chi connectivity index (χ1v) is 8.17. The average molecular weight is 337 g/mol. The highest BCUT2D eigenvalue weighted by Crippen LogP contribution is 2.12. The van der Waals surface area contributed by atoms with E-state index in [1.807, 2.05) is 0 Å². The summed E-state index contributed by atoms with van der Waals surface area (Å²) in [6, 6.07) is 5.86. The summed E-state index contributed by atoms with van der Waals surface area (Å²) in [5, 5.41) is 5.61. The molecule has 0 bridgehead atoms. The highest BCUT2D eigenvalue weighted by Gasteiger charge is 2.21. The number of hydrogen-bond acceptors (Lipinski definition) is 4. The molecule has 0 unspecified atom stereocenters. The van der Waals surface area contributed by atoms with Gasteiger partial charge < -0.3 is 15.4 Å². The van der Waals surface area contributed by atoms with E-state index in [0.29, 0.717) is 12.3 Å². The zero-order valence-electron chi connectivity index (χ0n) is 13.9. The number of rotatable bonds is 7. The number of likely N-dealkylation sites (tertiary alicyclic amines) is 1. The maximum Gasteiger partial charge on any atom is 0.233 e. The minimum absolute atomic E-state index is 0.00966. The van der Waals surface area contributed by atoms with Gasteiger partial charge in [-0.05, 0) is 37.1 Å². The molecule has 0 radical (unpaired) electrons. The lowest BCUT2D eigenvalue weighted by Crippen LogP contribution is -2.47. The van der Waals surface area contributed by atoms with Gasteiger partial charge in [-0.3, -0.25) is 14.5 Å². The van der Waals surface area contributed by atoms with E-state index in [0.717, 1.165) is 25.9 Å². The van der Waals surface area contributed by atoms with Gasteiger partial charge >= 0.3 is 0 Å². The van der Waals surface area contributed by atoms with Crippen molar-refractivity contribution in [3.8, 4) is 5.75 Å². The lowest BCUT2D eigenvalue weighted by molar-refractivity contribution is -0.124. The van der Waals surface area contributed by atoms with Crippen molar-refractivity contribution in [3.05, 3.63) is 30.1 Å². The Morgan fingerprint density at radius 1 is 1.21 bits per heavy atom. The summed E-state index contributed by atoms with van der Waals surface area (Å²) in [5.41, 5.74) is 0. The summed E-state index contributed by atoms with van der Waals surface area (Å²) in [6.07, 6.45) is 1.93. The van der Waals surface area contributed by atoms with Gasteiger partial charge in [0.2, 0.25) is 11.8 Å². The van der Waals surface area contributed by atoms with Crippen LogP contribution in [0.5, 0.6) is 5.75 Å². The van der Waals surface area contributed by atoms with E-state index < -0.39 is 0 Å². The van der Waals surface area contributed by atoms with Gasteiger partial charge in [0.15, 0.2) is 0 Å². The third-order valence-corrected chi connectivity index (χ3v) is 4.01. The summed E-state index contributed by atoms with van der Waals surface area (Å²) in [6.45, 7) is 2.25. The molecule has 1 aromatic carbocycles. The molecule has 1 heterocycles. The van der Waals surface area contributed by atoms with Crippen LogP contribution in [0.3, 0.4) is 0 Å². The van der Waals surface area contributed by atoms with Gasteiger partial charge in [-0.1, -0.05) is 0 Å². The van der Waals surface area contributed by atoms with Crippen LogP contribution in [-0.4, -0.2) is 56.0 Å². The van der Waals surface area contributed by atoms with E-state index in [1.165, 1.54) is 24.3 Å². The van der Waals surface area contributed by atoms with Gasteiger partial charge in [-0.2, -0.15) is 0 Å². The highest BCUT2D eigenvalue weighted by atomic mass is 19.1. The topological polar surface area (TPSA) is 70.7 Å². The molecule has 2 rings (SSSR count). The van der Waals surface area contributed by atoms with Crippen LogP contribution in [-0.2, 0) is 9.59 Å². The molecule has 0 saturated carbocycles. The number of nitrogens with one attached hydrogen (secondary N) is 2. The molecular formula is C17H24FN3O3. The Labute approximate surface area is 141 Å². The summed E-state index contributed by atoms with van der Waals surface area (Å²) in [7, 11) is 1.63. The molecule has 0 aromatic heterocycles. The van der Waals surface area contributed by atoms with E-state index in [1.54, 1.807) is 7.05 Å². The molecule has 2 amide bonds. The fourth-order valence-electron chi connectivity index (χ4n) is 2.61. The van der Waals surface area contributed by atoms with Gasteiger partial charge in [0.25, 0.3) is 0 Å². The number of carbonyl (C=O) groups is 2. The van der Waals surface area contributed by atoms with E-state index >= 15 is 0 Å². The van der Waals surface area contributed by atoms with Crippen molar-refractivity contribution >= 4 is 11.8 Å². The van der Waals surface area contributed by atoms with Gasteiger partial charge in [0.1, 0.15) is 11.6 Å². The summed E-state index contributed by atoms with van der Waals surface area (Å²) in [5.74, 6) is 0.187.